The van der Waals surface area contributed by atoms with Crippen LogP contribution in [0.3, 0.4) is 0 Å². The molecule has 1 heterocycles. The van der Waals surface area contributed by atoms with Crippen LogP contribution in [-0.4, -0.2) is 49.6 Å². The van der Waals surface area contributed by atoms with E-state index in [2.05, 4.69) is 10.3 Å². The molecule has 0 aliphatic heterocycles. The molecule has 0 spiro atoms. The van der Waals surface area contributed by atoms with Crippen LogP contribution in [-0.2, 0) is 4.74 Å². The number of anilines is 1. The van der Waals surface area contributed by atoms with Crippen molar-refractivity contribution >= 4 is 11.7 Å². The molecule has 5 nitrogen and oxygen atoms in total. The van der Waals surface area contributed by atoms with Gasteiger partial charge in [-0.25, -0.2) is 9.37 Å². The Bertz CT molecular complexity index is 426. The van der Waals surface area contributed by atoms with E-state index in [9.17, 15) is 9.18 Å². The molecule has 0 bridgehead atoms. The molecule has 0 radical (unpaired) electrons. The Labute approximate surface area is 112 Å². The van der Waals surface area contributed by atoms with Gasteiger partial charge < -0.3 is 15.0 Å². The highest BCUT2D eigenvalue weighted by molar-refractivity contribution is 5.95. The van der Waals surface area contributed by atoms with Crippen molar-refractivity contribution in [2.24, 2.45) is 0 Å². The van der Waals surface area contributed by atoms with Gasteiger partial charge in [0.05, 0.1) is 5.56 Å². The first kappa shape index (κ1) is 15.4. The largest absolute Gasteiger partial charge is 0.385 e. The predicted molar refractivity (Wildman–Crippen MR) is 71.8 cm³/mol. The van der Waals surface area contributed by atoms with E-state index < -0.39 is 5.82 Å². The van der Waals surface area contributed by atoms with Crippen LogP contribution in [0, 0.1) is 5.82 Å². The molecule has 6 heteroatoms. The van der Waals surface area contributed by atoms with Crippen LogP contribution in [0.25, 0.3) is 0 Å². The van der Waals surface area contributed by atoms with Crippen molar-refractivity contribution in [3.63, 3.8) is 0 Å². The molecule has 1 aromatic rings. The molecule has 1 N–H and O–H groups in total. The number of hydrogen-bond donors (Lipinski definition) is 1. The summed E-state index contributed by atoms with van der Waals surface area (Å²) in [6.07, 6.45) is 2.14. The maximum atomic E-state index is 14.1. The van der Waals surface area contributed by atoms with E-state index in [0.717, 1.165) is 0 Å². The third-order valence-electron chi connectivity index (χ3n) is 2.65. The Hall–Kier alpha value is -1.69. The van der Waals surface area contributed by atoms with Gasteiger partial charge in [-0.15, -0.1) is 0 Å². The van der Waals surface area contributed by atoms with Gasteiger partial charge in [-0.05, 0) is 19.4 Å². The maximum Gasteiger partial charge on any atom is 0.256 e. The Morgan fingerprint density at radius 3 is 2.95 bits per heavy atom. The molecule has 106 valence electrons. The SMILES string of the molecule is CCNc1nccc(C(=O)N(C)CCCOC)c1F. The number of aromatic nitrogens is 1. The zero-order valence-electron chi connectivity index (χ0n) is 11.6. The van der Waals surface area contributed by atoms with Crippen LogP contribution in [0.5, 0.6) is 0 Å². The molecule has 0 atom stereocenters. The summed E-state index contributed by atoms with van der Waals surface area (Å²) >= 11 is 0. The summed E-state index contributed by atoms with van der Waals surface area (Å²) < 4.78 is 19.0. The zero-order valence-corrected chi connectivity index (χ0v) is 11.6. The van der Waals surface area contributed by atoms with E-state index in [1.807, 2.05) is 6.92 Å². The first-order valence-electron chi connectivity index (χ1n) is 6.24. The molecule has 1 amide bonds. The van der Waals surface area contributed by atoms with Gasteiger partial charge in [0.2, 0.25) is 0 Å². The van der Waals surface area contributed by atoms with Crippen LogP contribution >= 0.6 is 0 Å². The molecule has 0 aromatic carbocycles. The minimum atomic E-state index is -0.604. The Balaban J connectivity index is 2.78. The van der Waals surface area contributed by atoms with Gasteiger partial charge in [-0.3, -0.25) is 4.79 Å². The highest BCUT2D eigenvalue weighted by Crippen LogP contribution is 2.16. The van der Waals surface area contributed by atoms with E-state index in [1.54, 1.807) is 14.2 Å². The first-order chi connectivity index (χ1) is 9.11. The van der Waals surface area contributed by atoms with Gasteiger partial charge in [0, 0.05) is 40.1 Å². The molecule has 0 aliphatic carbocycles. The van der Waals surface area contributed by atoms with Crippen molar-refractivity contribution in [1.82, 2.24) is 9.88 Å². The number of carbonyl (C=O) groups excluding carboxylic acids is 1. The van der Waals surface area contributed by atoms with Gasteiger partial charge in [0.1, 0.15) is 0 Å². The van der Waals surface area contributed by atoms with E-state index in [1.165, 1.54) is 17.2 Å². The highest BCUT2D eigenvalue weighted by Gasteiger charge is 2.18. The number of hydrogen-bond acceptors (Lipinski definition) is 4. The number of methoxy groups -OCH3 is 1. The second-order valence-corrected chi connectivity index (χ2v) is 4.12. The average Bonchev–Trinajstić information content (AvgIpc) is 2.41. The molecule has 0 unspecified atom stereocenters. The van der Waals surface area contributed by atoms with Crippen LogP contribution in [0.1, 0.15) is 23.7 Å². The molecule has 0 saturated carbocycles. The molecule has 0 fully saturated rings. The van der Waals surface area contributed by atoms with Crippen molar-refractivity contribution in [2.45, 2.75) is 13.3 Å². The molecule has 0 aliphatic rings. The third kappa shape index (κ3) is 4.17. The van der Waals surface area contributed by atoms with E-state index >= 15 is 0 Å². The second-order valence-electron chi connectivity index (χ2n) is 4.12. The molecule has 1 aromatic heterocycles. The quantitative estimate of drug-likeness (QED) is 0.766. The summed E-state index contributed by atoms with van der Waals surface area (Å²) in [5, 5.41) is 2.79. The van der Waals surface area contributed by atoms with Crippen molar-refractivity contribution in [3.05, 3.63) is 23.6 Å². The normalized spacial score (nSPS) is 10.3. The summed E-state index contributed by atoms with van der Waals surface area (Å²) in [7, 11) is 3.25. The minimum absolute atomic E-state index is 0.0332. The lowest BCUT2D eigenvalue weighted by molar-refractivity contribution is 0.0774. The van der Waals surface area contributed by atoms with Crippen molar-refractivity contribution in [2.75, 3.05) is 39.2 Å². The van der Waals surface area contributed by atoms with Crippen molar-refractivity contribution < 1.29 is 13.9 Å². The summed E-state index contributed by atoms with van der Waals surface area (Å²) in [4.78, 5) is 17.5. The number of rotatable bonds is 7. The molecular formula is C13H20FN3O2. The molecule has 1 rings (SSSR count). The fourth-order valence-corrected chi connectivity index (χ4v) is 1.65. The van der Waals surface area contributed by atoms with Crippen LogP contribution in [0.15, 0.2) is 12.3 Å². The van der Waals surface area contributed by atoms with E-state index in [4.69, 9.17) is 4.74 Å². The third-order valence-corrected chi connectivity index (χ3v) is 2.65. The fourth-order valence-electron chi connectivity index (χ4n) is 1.65. The number of amides is 1. The lowest BCUT2D eigenvalue weighted by Crippen LogP contribution is -2.29. The minimum Gasteiger partial charge on any atom is -0.385 e. The second kappa shape index (κ2) is 7.68. The number of pyridine rings is 1. The molecule has 19 heavy (non-hydrogen) atoms. The lowest BCUT2D eigenvalue weighted by atomic mass is 10.2. The summed E-state index contributed by atoms with van der Waals surface area (Å²) in [5.74, 6) is -0.846. The summed E-state index contributed by atoms with van der Waals surface area (Å²) in [5.41, 5.74) is 0.0332. The van der Waals surface area contributed by atoms with Gasteiger partial charge in [-0.1, -0.05) is 0 Å². The standard InChI is InChI=1S/C13H20FN3O2/c1-4-15-12-11(14)10(6-7-16-12)13(18)17(2)8-5-9-19-3/h6-7H,4-5,8-9H2,1-3H3,(H,15,16). The zero-order chi connectivity index (χ0) is 14.3. The molecule has 0 saturated heterocycles. The number of nitrogens with zero attached hydrogens (tertiary/aromatic N) is 2. The van der Waals surface area contributed by atoms with Gasteiger partial charge in [-0.2, -0.15) is 0 Å². The van der Waals surface area contributed by atoms with Crippen LogP contribution in [0.4, 0.5) is 10.2 Å². The smallest absolute Gasteiger partial charge is 0.256 e. The summed E-state index contributed by atoms with van der Waals surface area (Å²) in [6, 6.07) is 1.39. The Morgan fingerprint density at radius 2 is 2.32 bits per heavy atom. The monoisotopic (exact) mass is 269 g/mol. The fraction of sp³-hybridized carbons (Fsp3) is 0.538. The number of halogens is 1. The highest BCUT2D eigenvalue weighted by atomic mass is 19.1. The maximum absolute atomic E-state index is 14.1. The van der Waals surface area contributed by atoms with Crippen molar-refractivity contribution in [1.29, 1.82) is 0 Å². The number of ether oxygens (including phenoxy) is 1. The Morgan fingerprint density at radius 1 is 1.58 bits per heavy atom. The molecular weight excluding hydrogens is 249 g/mol. The van der Waals surface area contributed by atoms with Gasteiger partial charge >= 0.3 is 0 Å². The number of carbonyl (C=O) groups is 1. The van der Waals surface area contributed by atoms with Crippen LogP contribution < -0.4 is 5.32 Å². The van der Waals surface area contributed by atoms with E-state index in [-0.39, 0.29) is 17.3 Å². The summed E-state index contributed by atoms with van der Waals surface area (Å²) in [6.45, 7) is 3.47. The van der Waals surface area contributed by atoms with E-state index in [0.29, 0.717) is 26.1 Å². The average molecular weight is 269 g/mol. The van der Waals surface area contributed by atoms with Crippen LogP contribution in [0.2, 0.25) is 0 Å². The number of nitrogens with one attached hydrogen (secondary N) is 1. The lowest BCUT2D eigenvalue weighted by Gasteiger charge is -2.17. The predicted octanol–water partition coefficient (Wildman–Crippen LogP) is 1.76. The van der Waals surface area contributed by atoms with Gasteiger partial charge in [0.15, 0.2) is 11.6 Å². The Kier molecular flexibility index (Phi) is 6.21. The van der Waals surface area contributed by atoms with Gasteiger partial charge in [0.25, 0.3) is 5.91 Å². The van der Waals surface area contributed by atoms with Crippen molar-refractivity contribution in [3.8, 4) is 0 Å². The first-order valence-corrected chi connectivity index (χ1v) is 6.24. The topological polar surface area (TPSA) is 54.5 Å².